The van der Waals surface area contributed by atoms with Gasteiger partial charge in [0.25, 0.3) is 11.8 Å². The van der Waals surface area contributed by atoms with E-state index in [2.05, 4.69) is 10.6 Å². The molecule has 1 heterocycles. The number of para-hydroxylation sites is 1. The zero-order valence-electron chi connectivity index (χ0n) is 17.4. The lowest BCUT2D eigenvalue weighted by Gasteiger charge is -2.27. The van der Waals surface area contributed by atoms with Crippen LogP contribution in [0.5, 0.6) is 0 Å². The van der Waals surface area contributed by atoms with Crippen molar-refractivity contribution < 1.29 is 24.0 Å². The summed E-state index contributed by atoms with van der Waals surface area (Å²) in [6.45, 7) is 3.73. The minimum Gasteiger partial charge on any atom is -0.469 e. The van der Waals surface area contributed by atoms with Gasteiger partial charge >= 0.3 is 5.97 Å². The second-order valence-electron chi connectivity index (χ2n) is 7.64. The average molecular weight is 410 g/mol. The van der Waals surface area contributed by atoms with Crippen molar-refractivity contribution in [3.05, 3.63) is 59.7 Å². The summed E-state index contributed by atoms with van der Waals surface area (Å²) < 4.78 is 4.80. The highest BCUT2D eigenvalue weighted by Crippen LogP contribution is 2.18. The fourth-order valence-corrected chi connectivity index (χ4v) is 3.74. The first kappa shape index (κ1) is 21.5. The lowest BCUT2D eigenvalue weighted by atomic mass is 9.97. The number of hydrogen-bond donors (Lipinski definition) is 3. The Morgan fingerprint density at radius 2 is 1.77 bits per heavy atom. The van der Waals surface area contributed by atoms with Gasteiger partial charge in [0, 0.05) is 18.5 Å². The normalized spacial score (nSPS) is 18.3. The Morgan fingerprint density at radius 1 is 1.03 bits per heavy atom. The average Bonchev–Trinajstić information content (AvgIpc) is 2.74. The van der Waals surface area contributed by atoms with Crippen molar-refractivity contribution in [2.45, 2.75) is 19.8 Å². The second-order valence-corrected chi connectivity index (χ2v) is 7.64. The summed E-state index contributed by atoms with van der Waals surface area (Å²) in [4.78, 5) is 38.1. The van der Waals surface area contributed by atoms with Crippen LogP contribution in [0.1, 0.15) is 28.8 Å². The number of likely N-dealkylation sites (tertiary alicyclic amines) is 1. The Bertz CT molecular complexity index is 920. The number of esters is 1. The van der Waals surface area contributed by atoms with Crippen molar-refractivity contribution in [3.8, 4) is 0 Å². The van der Waals surface area contributed by atoms with E-state index in [4.69, 9.17) is 4.74 Å². The molecular formula is C23H28N3O4+. The summed E-state index contributed by atoms with van der Waals surface area (Å²) in [5, 5.41) is 5.74. The Balaban J connectivity index is 1.58. The number of rotatable bonds is 6. The highest BCUT2D eigenvalue weighted by Gasteiger charge is 2.29. The van der Waals surface area contributed by atoms with Gasteiger partial charge in [-0.05, 0) is 36.8 Å². The molecular weight excluding hydrogens is 382 g/mol. The number of aryl methyl sites for hydroxylation is 1. The quantitative estimate of drug-likeness (QED) is 0.632. The molecule has 3 N–H and O–H groups in total. The molecule has 30 heavy (non-hydrogen) atoms. The van der Waals surface area contributed by atoms with Gasteiger partial charge in [0.2, 0.25) is 0 Å². The van der Waals surface area contributed by atoms with Crippen LogP contribution in [-0.2, 0) is 14.3 Å². The molecule has 0 unspecified atom stereocenters. The van der Waals surface area contributed by atoms with Crippen molar-refractivity contribution in [2.24, 2.45) is 5.92 Å². The zero-order chi connectivity index (χ0) is 21.5. The summed E-state index contributed by atoms with van der Waals surface area (Å²) in [5.74, 6) is -0.681. The molecule has 2 aromatic carbocycles. The highest BCUT2D eigenvalue weighted by atomic mass is 16.5. The SMILES string of the molecule is COC(=O)C1CC[NH+](CC(=O)Nc2ccccc2C(=O)Nc2cccc(C)c2)CC1. The minimum absolute atomic E-state index is 0.0761. The zero-order valence-corrected chi connectivity index (χ0v) is 17.4. The topological polar surface area (TPSA) is 88.9 Å². The Morgan fingerprint density at radius 3 is 2.47 bits per heavy atom. The van der Waals surface area contributed by atoms with Crippen LogP contribution in [-0.4, -0.2) is 44.5 Å². The van der Waals surface area contributed by atoms with Gasteiger partial charge in [-0.3, -0.25) is 14.4 Å². The van der Waals surface area contributed by atoms with Gasteiger partial charge in [0.15, 0.2) is 6.54 Å². The maximum absolute atomic E-state index is 12.7. The monoisotopic (exact) mass is 410 g/mol. The number of piperidine rings is 1. The fourth-order valence-electron chi connectivity index (χ4n) is 3.74. The first-order valence-corrected chi connectivity index (χ1v) is 10.1. The van der Waals surface area contributed by atoms with Crippen molar-refractivity contribution in [1.82, 2.24) is 0 Å². The molecule has 2 aromatic rings. The van der Waals surface area contributed by atoms with E-state index in [-0.39, 0.29) is 23.7 Å². The van der Waals surface area contributed by atoms with Crippen LogP contribution in [0.3, 0.4) is 0 Å². The maximum Gasteiger partial charge on any atom is 0.309 e. The van der Waals surface area contributed by atoms with E-state index in [9.17, 15) is 14.4 Å². The number of ether oxygens (including phenoxy) is 1. The third-order valence-corrected chi connectivity index (χ3v) is 5.36. The number of anilines is 2. The molecule has 7 heteroatoms. The van der Waals surface area contributed by atoms with Gasteiger partial charge in [-0.25, -0.2) is 0 Å². The molecule has 0 aliphatic carbocycles. The Kier molecular flexibility index (Phi) is 7.19. The third kappa shape index (κ3) is 5.67. The molecule has 1 saturated heterocycles. The molecule has 1 aliphatic rings. The number of hydrogen-bond acceptors (Lipinski definition) is 4. The smallest absolute Gasteiger partial charge is 0.309 e. The van der Waals surface area contributed by atoms with Crippen molar-refractivity contribution in [1.29, 1.82) is 0 Å². The van der Waals surface area contributed by atoms with Crippen molar-refractivity contribution in [3.63, 3.8) is 0 Å². The minimum atomic E-state index is -0.275. The molecule has 7 nitrogen and oxygen atoms in total. The van der Waals surface area contributed by atoms with Crippen LogP contribution in [0, 0.1) is 12.8 Å². The van der Waals surface area contributed by atoms with E-state index >= 15 is 0 Å². The highest BCUT2D eigenvalue weighted by molar-refractivity contribution is 6.10. The molecule has 158 valence electrons. The molecule has 0 spiro atoms. The molecule has 1 fully saturated rings. The van der Waals surface area contributed by atoms with Gasteiger partial charge in [0.05, 0.1) is 37.4 Å². The number of methoxy groups -OCH3 is 1. The molecule has 0 saturated carbocycles. The molecule has 0 bridgehead atoms. The summed E-state index contributed by atoms with van der Waals surface area (Å²) in [6.07, 6.45) is 1.43. The van der Waals surface area contributed by atoms with Crippen LogP contribution in [0.4, 0.5) is 11.4 Å². The summed E-state index contributed by atoms with van der Waals surface area (Å²) in [5.41, 5.74) is 2.65. The second kappa shape index (κ2) is 10.0. The van der Waals surface area contributed by atoms with E-state index in [1.165, 1.54) is 7.11 Å². The summed E-state index contributed by atoms with van der Waals surface area (Å²) in [6, 6.07) is 14.5. The largest absolute Gasteiger partial charge is 0.469 e. The van der Waals surface area contributed by atoms with E-state index in [0.717, 1.165) is 23.6 Å². The van der Waals surface area contributed by atoms with Crippen LogP contribution in [0.2, 0.25) is 0 Å². The van der Waals surface area contributed by atoms with E-state index in [1.807, 2.05) is 31.2 Å². The molecule has 2 amide bonds. The molecule has 3 rings (SSSR count). The fraction of sp³-hybridized carbons (Fsp3) is 0.348. The predicted octanol–water partition coefficient (Wildman–Crippen LogP) is 1.65. The lowest BCUT2D eigenvalue weighted by Crippen LogP contribution is -3.14. The van der Waals surface area contributed by atoms with Gasteiger partial charge in [0.1, 0.15) is 0 Å². The first-order valence-electron chi connectivity index (χ1n) is 10.1. The number of quaternary nitrogens is 1. The number of amides is 2. The standard InChI is InChI=1S/C23H27N3O4/c1-16-6-5-7-18(14-16)24-22(28)19-8-3-4-9-20(19)25-21(27)15-26-12-10-17(11-13-26)23(29)30-2/h3-9,14,17H,10-13,15H2,1-2H3,(H,24,28)(H,25,27)/p+1. The van der Waals surface area contributed by atoms with Gasteiger partial charge in [-0.1, -0.05) is 24.3 Å². The van der Waals surface area contributed by atoms with E-state index in [1.54, 1.807) is 24.3 Å². The molecule has 0 radical (unpaired) electrons. The number of nitrogens with one attached hydrogen (secondary N) is 3. The van der Waals surface area contributed by atoms with E-state index < -0.39 is 0 Å². The number of carbonyl (C=O) groups excluding carboxylic acids is 3. The lowest BCUT2D eigenvalue weighted by molar-refractivity contribution is -0.897. The summed E-state index contributed by atoms with van der Waals surface area (Å²) in [7, 11) is 1.40. The molecule has 0 atom stereocenters. The molecule has 0 aromatic heterocycles. The first-order chi connectivity index (χ1) is 14.5. The van der Waals surface area contributed by atoms with Crippen molar-refractivity contribution in [2.75, 3.05) is 37.4 Å². The van der Waals surface area contributed by atoms with Gasteiger partial charge < -0.3 is 20.3 Å². The van der Waals surface area contributed by atoms with Crippen LogP contribution in [0.15, 0.2) is 48.5 Å². The van der Waals surface area contributed by atoms with Crippen LogP contribution >= 0.6 is 0 Å². The molecule has 1 aliphatic heterocycles. The van der Waals surface area contributed by atoms with Gasteiger partial charge in [-0.15, -0.1) is 0 Å². The van der Waals surface area contributed by atoms with Crippen LogP contribution < -0.4 is 15.5 Å². The van der Waals surface area contributed by atoms with Gasteiger partial charge in [-0.2, -0.15) is 0 Å². The number of carbonyl (C=O) groups is 3. The number of benzene rings is 2. The van der Waals surface area contributed by atoms with Crippen molar-refractivity contribution >= 4 is 29.2 Å². The summed E-state index contributed by atoms with van der Waals surface area (Å²) >= 11 is 0. The Hall–Kier alpha value is -3.19. The maximum atomic E-state index is 12.7. The van der Waals surface area contributed by atoms with Crippen LogP contribution in [0.25, 0.3) is 0 Å². The predicted molar refractivity (Wildman–Crippen MR) is 115 cm³/mol. The Labute approximate surface area is 176 Å². The van der Waals surface area contributed by atoms with E-state index in [0.29, 0.717) is 36.3 Å². The third-order valence-electron chi connectivity index (χ3n) is 5.36.